The molecule has 1 aromatic carbocycles. The van der Waals surface area contributed by atoms with Gasteiger partial charge in [0.2, 0.25) is 10.0 Å². The SMILES string of the molecule is CNC(=O)c1cc(S(=O)(=O)NC(C)(C)CO)ccc1Cl. The van der Waals surface area contributed by atoms with Crippen molar-refractivity contribution in [3.05, 3.63) is 28.8 Å². The molecule has 1 aromatic rings. The Labute approximate surface area is 123 Å². The van der Waals surface area contributed by atoms with Crippen LogP contribution in [-0.2, 0) is 10.0 Å². The molecule has 20 heavy (non-hydrogen) atoms. The third kappa shape index (κ3) is 3.92. The van der Waals surface area contributed by atoms with Crippen molar-refractivity contribution in [2.75, 3.05) is 13.7 Å². The highest BCUT2D eigenvalue weighted by atomic mass is 35.5. The van der Waals surface area contributed by atoms with Crippen LogP contribution in [0.15, 0.2) is 23.1 Å². The van der Waals surface area contributed by atoms with Gasteiger partial charge in [-0.05, 0) is 32.0 Å². The molecule has 0 aliphatic rings. The van der Waals surface area contributed by atoms with Crippen molar-refractivity contribution in [2.45, 2.75) is 24.3 Å². The molecule has 0 atom stereocenters. The predicted octanol–water partition coefficient (Wildman–Crippen LogP) is 0.749. The second-order valence-corrected chi connectivity index (χ2v) is 6.96. The summed E-state index contributed by atoms with van der Waals surface area (Å²) < 4.78 is 26.7. The number of aliphatic hydroxyl groups is 1. The van der Waals surface area contributed by atoms with Gasteiger partial charge in [0.1, 0.15) is 0 Å². The van der Waals surface area contributed by atoms with Crippen LogP contribution < -0.4 is 10.0 Å². The van der Waals surface area contributed by atoms with Crippen LogP contribution in [0.2, 0.25) is 5.02 Å². The highest BCUT2D eigenvalue weighted by Gasteiger charge is 2.26. The van der Waals surface area contributed by atoms with Gasteiger partial charge < -0.3 is 10.4 Å². The minimum atomic E-state index is -3.86. The summed E-state index contributed by atoms with van der Waals surface area (Å²) in [7, 11) is -2.44. The van der Waals surface area contributed by atoms with E-state index < -0.39 is 21.5 Å². The highest BCUT2D eigenvalue weighted by Crippen LogP contribution is 2.21. The largest absolute Gasteiger partial charge is 0.394 e. The van der Waals surface area contributed by atoms with Crippen molar-refractivity contribution in [1.29, 1.82) is 0 Å². The molecule has 0 fully saturated rings. The molecule has 0 aromatic heterocycles. The van der Waals surface area contributed by atoms with Crippen LogP contribution >= 0.6 is 11.6 Å². The monoisotopic (exact) mass is 320 g/mol. The van der Waals surface area contributed by atoms with E-state index in [0.29, 0.717) is 0 Å². The number of halogens is 1. The summed E-state index contributed by atoms with van der Waals surface area (Å²) >= 11 is 5.86. The standard InChI is InChI=1S/C12H17ClN2O4S/c1-12(2,7-16)15-20(18,19)8-4-5-10(13)9(6-8)11(17)14-3/h4-6,15-16H,7H2,1-3H3,(H,14,17). The lowest BCUT2D eigenvalue weighted by Crippen LogP contribution is -2.46. The maximum absolute atomic E-state index is 12.2. The zero-order valence-electron chi connectivity index (χ0n) is 11.4. The lowest BCUT2D eigenvalue weighted by molar-refractivity contribution is 0.0963. The van der Waals surface area contributed by atoms with Gasteiger partial charge >= 0.3 is 0 Å². The minimum absolute atomic E-state index is 0.0684. The first-order chi connectivity index (χ1) is 9.13. The summed E-state index contributed by atoms with van der Waals surface area (Å²) in [5.74, 6) is -0.478. The second-order valence-electron chi connectivity index (χ2n) is 4.87. The molecule has 0 saturated heterocycles. The van der Waals surface area contributed by atoms with E-state index in [1.807, 2.05) is 0 Å². The second kappa shape index (κ2) is 6.09. The van der Waals surface area contributed by atoms with Gasteiger partial charge in [0.15, 0.2) is 0 Å². The summed E-state index contributed by atoms with van der Waals surface area (Å²) in [6, 6.07) is 3.83. The van der Waals surface area contributed by atoms with Crippen molar-refractivity contribution >= 4 is 27.5 Å². The van der Waals surface area contributed by atoms with E-state index in [-0.39, 0.29) is 22.1 Å². The Hall–Kier alpha value is -1.15. The topological polar surface area (TPSA) is 95.5 Å². The number of benzene rings is 1. The molecular weight excluding hydrogens is 304 g/mol. The van der Waals surface area contributed by atoms with Crippen molar-refractivity contribution in [2.24, 2.45) is 0 Å². The van der Waals surface area contributed by atoms with Crippen LogP contribution in [0, 0.1) is 0 Å². The molecule has 1 amide bonds. The molecule has 0 aliphatic carbocycles. The van der Waals surface area contributed by atoms with Gasteiger partial charge in [-0.15, -0.1) is 0 Å². The lowest BCUT2D eigenvalue weighted by atomic mass is 10.1. The minimum Gasteiger partial charge on any atom is -0.394 e. The van der Waals surface area contributed by atoms with Crippen molar-refractivity contribution in [3.63, 3.8) is 0 Å². The Kier molecular flexibility index (Phi) is 5.15. The zero-order chi connectivity index (χ0) is 15.6. The molecule has 0 unspecified atom stereocenters. The number of hydrogen-bond donors (Lipinski definition) is 3. The molecule has 8 heteroatoms. The first kappa shape index (κ1) is 16.9. The Morgan fingerprint density at radius 1 is 1.40 bits per heavy atom. The van der Waals surface area contributed by atoms with Crippen LogP contribution in [0.3, 0.4) is 0 Å². The van der Waals surface area contributed by atoms with Crippen LogP contribution in [0.5, 0.6) is 0 Å². The first-order valence-electron chi connectivity index (χ1n) is 5.79. The van der Waals surface area contributed by atoms with Crippen LogP contribution in [0.4, 0.5) is 0 Å². The zero-order valence-corrected chi connectivity index (χ0v) is 13.0. The smallest absolute Gasteiger partial charge is 0.252 e. The van der Waals surface area contributed by atoms with E-state index in [2.05, 4.69) is 10.0 Å². The van der Waals surface area contributed by atoms with E-state index >= 15 is 0 Å². The normalized spacial score (nSPS) is 12.2. The number of aliphatic hydroxyl groups excluding tert-OH is 1. The molecule has 0 saturated carbocycles. The summed E-state index contributed by atoms with van der Waals surface area (Å²) in [6.07, 6.45) is 0. The van der Waals surface area contributed by atoms with E-state index in [1.165, 1.54) is 25.2 Å². The van der Waals surface area contributed by atoms with Gasteiger partial charge in [0, 0.05) is 7.05 Å². The first-order valence-corrected chi connectivity index (χ1v) is 7.65. The average Bonchev–Trinajstić information content (AvgIpc) is 2.37. The summed E-state index contributed by atoms with van der Waals surface area (Å²) in [5, 5.41) is 11.7. The molecular formula is C12H17ClN2O4S. The van der Waals surface area contributed by atoms with Crippen molar-refractivity contribution < 1.29 is 18.3 Å². The average molecular weight is 321 g/mol. The van der Waals surface area contributed by atoms with E-state index in [9.17, 15) is 13.2 Å². The third-order valence-electron chi connectivity index (χ3n) is 2.53. The predicted molar refractivity (Wildman–Crippen MR) is 76.3 cm³/mol. The van der Waals surface area contributed by atoms with Gasteiger partial charge in [-0.1, -0.05) is 11.6 Å². The Morgan fingerprint density at radius 3 is 2.50 bits per heavy atom. The molecule has 0 aliphatic heterocycles. The number of nitrogens with one attached hydrogen (secondary N) is 2. The van der Waals surface area contributed by atoms with Crippen molar-refractivity contribution in [3.8, 4) is 0 Å². The number of rotatable bonds is 5. The van der Waals surface area contributed by atoms with E-state index in [0.717, 1.165) is 0 Å². The third-order valence-corrected chi connectivity index (χ3v) is 4.55. The lowest BCUT2D eigenvalue weighted by Gasteiger charge is -2.23. The quantitative estimate of drug-likeness (QED) is 0.746. The van der Waals surface area contributed by atoms with E-state index in [1.54, 1.807) is 13.8 Å². The maximum Gasteiger partial charge on any atom is 0.252 e. The van der Waals surface area contributed by atoms with Crippen molar-refractivity contribution in [1.82, 2.24) is 10.0 Å². The molecule has 0 bridgehead atoms. The Morgan fingerprint density at radius 2 is 2.00 bits per heavy atom. The van der Waals surface area contributed by atoms with Gasteiger partial charge in [0.25, 0.3) is 5.91 Å². The van der Waals surface area contributed by atoms with Gasteiger partial charge in [-0.25, -0.2) is 13.1 Å². The van der Waals surface area contributed by atoms with Crippen LogP contribution in [0.25, 0.3) is 0 Å². The van der Waals surface area contributed by atoms with Crippen LogP contribution in [-0.4, -0.2) is 38.6 Å². The maximum atomic E-state index is 12.2. The number of amides is 1. The number of carbonyl (C=O) groups excluding carboxylic acids is 1. The molecule has 0 spiro atoms. The highest BCUT2D eigenvalue weighted by molar-refractivity contribution is 7.89. The van der Waals surface area contributed by atoms with Gasteiger partial charge in [-0.3, -0.25) is 4.79 Å². The fourth-order valence-electron chi connectivity index (χ4n) is 1.44. The number of hydrogen-bond acceptors (Lipinski definition) is 4. The summed E-state index contributed by atoms with van der Waals surface area (Å²) in [5.41, 5.74) is -0.940. The molecule has 6 nitrogen and oxygen atoms in total. The Balaban J connectivity index is 3.24. The van der Waals surface area contributed by atoms with Crippen LogP contribution in [0.1, 0.15) is 24.2 Å². The van der Waals surface area contributed by atoms with Gasteiger partial charge in [0.05, 0.1) is 27.6 Å². The fraction of sp³-hybridized carbons (Fsp3) is 0.417. The fourth-order valence-corrected chi connectivity index (χ4v) is 3.07. The Bertz CT molecular complexity index is 614. The number of carbonyl (C=O) groups is 1. The molecule has 112 valence electrons. The summed E-state index contributed by atoms with van der Waals surface area (Å²) in [4.78, 5) is 11.5. The number of sulfonamides is 1. The molecule has 3 N–H and O–H groups in total. The molecule has 1 rings (SSSR count). The van der Waals surface area contributed by atoms with Gasteiger partial charge in [-0.2, -0.15) is 0 Å². The van der Waals surface area contributed by atoms with E-state index in [4.69, 9.17) is 16.7 Å². The summed E-state index contributed by atoms with van der Waals surface area (Å²) in [6.45, 7) is 2.72. The molecule has 0 heterocycles. The molecule has 0 radical (unpaired) electrons.